The van der Waals surface area contributed by atoms with Crippen LogP contribution in [0.3, 0.4) is 0 Å². The smallest absolute Gasteiger partial charge is 0.416 e. The summed E-state index contributed by atoms with van der Waals surface area (Å²) in [5.74, 6) is 0.0750. The highest BCUT2D eigenvalue weighted by atomic mass is 79.9. The molecular weight excluding hydrogens is 411 g/mol. The molecule has 1 N–H and O–H groups in total. The molecule has 0 unspecified atom stereocenters. The van der Waals surface area contributed by atoms with Crippen LogP contribution in [0, 0.1) is 0 Å². The van der Waals surface area contributed by atoms with Crippen LogP contribution >= 0.6 is 15.9 Å². The molecule has 0 radical (unpaired) electrons. The van der Waals surface area contributed by atoms with E-state index in [9.17, 15) is 18.0 Å². The molecule has 0 atom stereocenters. The number of anilines is 1. The third kappa shape index (κ3) is 5.00. The van der Waals surface area contributed by atoms with Crippen molar-refractivity contribution in [2.75, 3.05) is 5.32 Å². The first-order valence-corrected chi connectivity index (χ1v) is 8.95. The number of alkyl halides is 3. The van der Waals surface area contributed by atoms with Gasteiger partial charge in [-0.15, -0.1) is 0 Å². The number of rotatable bonds is 6. The Kier molecular flexibility index (Phi) is 6.69. The molecule has 2 aromatic rings. The van der Waals surface area contributed by atoms with E-state index in [0.717, 1.165) is 18.1 Å². The van der Waals surface area contributed by atoms with Crippen LogP contribution in [-0.4, -0.2) is 5.91 Å². The number of nitrogens with one attached hydrogen (secondary N) is 1. The number of carbonyl (C=O) groups is 1. The van der Waals surface area contributed by atoms with Crippen molar-refractivity contribution in [2.45, 2.75) is 39.5 Å². The largest absolute Gasteiger partial charge is 0.488 e. The fourth-order valence-corrected chi connectivity index (χ4v) is 2.94. The number of amides is 1. The predicted octanol–water partition coefficient (Wildman–Crippen LogP) is 5.96. The maximum atomic E-state index is 13.4. The fraction of sp³-hybridized carbons (Fsp3) is 0.316. The van der Waals surface area contributed by atoms with Crippen molar-refractivity contribution in [3.8, 4) is 5.75 Å². The van der Waals surface area contributed by atoms with Crippen molar-refractivity contribution < 1.29 is 22.7 Å². The van der Waals surface area contributed by atoms with Crippen LogP contribution in [0.15, 0.2) is 40.9 Å². The highest BCUT2D eigenvalue weighted by Crippen LogP contribution is 2.36. The zero-order valence-electron chi connectivity index (χ0n) is 14.4. The zero-order chi connectivity index (χ0) is 19.3. The lowest BCUT2D eigenvalue weighted by molar-refractivity contribution is -0.138. The molecule has 7 heteroatoms. The molecule has 0 spiro atoms. The van der Waals surface area contributed by atoms with Gasteiger partial charge in [-0.3, -0.25) is 4.79 Å². The molecule has 3 nitrogen and oxygen atoms in total. The molecule has 140 valence electrons. The average molecular weight is 430 g/mol. The Morgan fingerprint density at radius 2 is 1.92 bits per heavy atom. The summed E-state index contributed by atoms with van der Waals surface area (Å²) in [5.41, 5.74) is 0.254. The first kappa shape index (κ1) is 20.3. The molecule has 0 aliphatic carbocycles. The Bertz CT molecular complexity index is 791. The summed E-state index contributed by atoms with van der Waals surface area (Å²) in [5, 5.41) is 2.51. The van der Waals surface area contributed by atoms with Gasteiger partial charge in [-0.25, -0.2) is 0 Å². The van der Waals surface area contributed by atoms with E-state index in [0.29, 0.717) is 10.2 Å². The van der Waals surface area contributed by atoms with Crippen molar-refractivity contribution >= 4 is 27.5 Å². The van der Waals surface area contributed by atoms with E-state index in [4.69, 9.17) is 4.74 Å². The number of benzene rings is 2. The first-order chi connectivity index (χ1) is 12.3. The highest BCUT2D eigenvalue weighted by Gasteiger charge is 2.34. The van der Waals surface area contributed by atoms with Gasteiger partial charge in [-0.1, -0.05) is 26.0 Å². The summed E-state index contributed by atoms with van der Waals surface area (Å²) in [6, 6.07) is 9.12. The molecule has 0 fully saturated rings. The van der Waals surface area contributed by atoms with E-state index in [-0.39, 0.29) is 30.2 Å². The normalized spacial score (nSPS) is 11.3. The van der Waals surface area contributed by atoms with Crippen LogP contribution in [0.5, 0.6) is 5.75 Å². The van der Waals surface area contributed by atoms with Gasteiger partial charge in [0.2, 0.25) is 5.91 Å². The van der Waals surface area contributed by atoms with Crippen LogP contribution in [0.4, 0.5) is 18.9 Å². The number of aryl methyl sites for hydroxylation is 1. The lowest BCUT2D eigenvalue weighted by Gasteiger charge is -2.18. The lowest BCUT2D eigenvalue weighted by atomic mass is 10.0. The second-order valence-corrected chi connectivity index (χ2v) is 6.49. The molecule has 2 aromatic carbocycles. The van der Waals surface area contributed by atoms with Gasteiger partial charge in [0.05, 0.1) is 10.0 Å². The number of hydrogen-bond acceptors (Lipinski definition) is 2. The highest BCUT2D eigenvalue weighted by molar-refractivity contribution is 9.10. The van der Waals surface area contributed by atoms with Crippen LogP contribution < -0.4 is 10.1 Å². The monoisotopic (exact) mass is 429 g/mol. The molecule has 2 rings (SSSR count). The van der Waals surface area contributed by atoms with Crippen molar-refractivity contribution in [3.05, 3.63) is 57.6 Å². The van der Waals surface area contributed by atoms with Crippen LogP contribution in [0.1, 0.15) is 37.0 Å². The SMILES string of the molecule is CCC(=O)Nc1cccc(C(F)(F)F)c1COc1ccc(CC)cc1Br. The van der Waals surface area contributed by atoms with E-state index in [1.54, 1.807) is 13.0 Å². The molecule has 26 heavy (non-hydrogen) atoms. The molecule has 0 saturated heterocycles. The summed E-state index contributed by atoms with van der Waals surface area (Å²) in [6.45, 7) is 3.31. The van der Waals surface area contributed by atoms with Gasteiger partial charge in [0, 0.05) is 17.7 Å². The summed E-state index contributed by atoms with van der Waals surface area (Å²) < 4.78 is 46.4. The van der Waals surface area contributed by atoms with Gasteiger partial charge >= 0.3 is 6.18 Å². The van der Waals surface area contributed by atoms with E-state index in [1.165, 1.54) is 12.1 Å². The lowest BCUT2D eigenvalue weighted by Crippen LogP contribution is -2.17. The summed E-state index contributed by atoms with van der Waals surface area (Å²) in [4.78, 5) is 11.7. The summed E-state index contributed by atoms with van der Waals surface area (Å²) in [6.07, 6.45) is -3.54. The minimum absolute atomic E-state index is 0.103. The quantitative estimate of drug-likeness (QED) is 0.615. The topological polar surface area (TPSA) is 38.3 Å². The molecule has 0 aromatic heterocycles. The van der Waals surface area contributed by atoms with Crippen LogP contribution in [0.25, 0.3) is 0 Å². The number of halogens is 4. The Labute approximate surface area is 158 Å². The third-order valence-electron chi connectivity index (χ3n) is 3.85. The molecule has 0 saturated carbocycles. The molecule has 0 aliphatic heterocycles. The van der Waals surface area contributed by atoms with Crippen molar-refractivity contribution in [2.24, 2.45) is 0 Å². The van der Waals surface area contributed by atoms with Gasteiger partial charge in [-0.05, 0) is 52.2 Å². The Morgan fingerprint density at radius 1 is 1.19 bits per heavy atom. The van der Waals surface area contributed by atoms with Crippen molar-refractivity contribution in [1.82, 2.24) is 0 Å². The van der Waals surface area contributed by atoms with Gasteiger partial charge in [0.25, 0.3) is 0 Å². The Morgan fingerprint density at radius 3 is 2.50 bits per heavy atom. The maximum absolute atomic E-state index is 13.4. The van der Waals surface area contributed by atoms with Crippen molar-refractivity contribution in [3.63, 3.8) is 0 Å². The number of hydrogen-bond donors (Lipinski definition) is 1. The summed E-state index contributed by atoms with van der Waals surface area (Å²) >= 11 is 3.37. The minimum atomic E-state index is -4.55. The van der Waals surface area contributed by atoms with E-state index >= 15 is 0 Å². The Balaban J connectivity index is 2.35. The Hall–Kier alpha value is -2.02. The average Bonchev–Trinajstić information content (AvgIpc) is 2.60. The van der Waals surface area contributed by atoms with Crippen LogP contribution in [-0.2, 0) is 24.0 Å². The van der Waals surface area contributed by atoms with Gasteiger partial charge < -0.3 is 10.1 Å². The first-order valence-electron chi connectivity index (χ1n) is 8.16. The third-order valence-corrected chi connectivity index (χ3v) is 4.47. The zero-order valence-corrected chi connectivity index (χ0v) is 16.0. The van der Waals surface area contributed by atoms with Crippen LogP contribution in [0.2, 0.25) is 0 Å². The standard InChI is InChI=1S/C19H19BrF3NO2/c1-3-12-8-9-17(15(20)10-12)26-11-13-14(19(21,22)23)6-5-7-16(13)24-18(25)4-2/h5-10H,3-4,11H2,1-2H3,(H,24,25). The summed E-state index contributed by atoms with van der Waals surface area (Å²) in [7, 11) is 0. The van der Waals surface area contributed by atoms with Gasteiger partial charge in [-0.2, -0.15) is 13.2 Å². The number of ether oxygens (including phenoxy) is 1. The van der Waals surface area contributed by atoms with Crippen molar-refractivity contribution in [1.29, 1.82) is 0 Å². The fourth-order valence-electron chi connectivity index (χ4n) is 2.39. The minimum Gasteiger partial charge on any atom is -0.488 e. The van der Waals surface area contributed by atoms with E-state index < -0.39 is 11.7 Å². The molecule has 0 aliphatic rings. The number of carbonyl (C=O) groups excluding carboxylic acids is 1. The molecular formula is C19H19BrF3NO2. The second kappa shape index (κ2) is 8.58. The predicted molar refractivity (Wildman–Crippen MR) is 98.2 cm³/mol. The van der Waals surface area contributed by atoms with E-state index in [2.05, 4.69) is 21.2 Å². The molecule has 0 bridgehead atoms. The van der Waals surface area contributed by atoms with E-state index in [1.807, 2.05) is 19.1 Å². The maximum Gasteiger partial charge on any atom is 0.416 e. The van der Waals surface area contributed by atoms with Gasteiger partial charge in [0.1, 0.15) is 12.4 Å². The second-order valence-electron chi connectivity index (χ2n) is 5.64. The molecule has 0 heterocycles. The van der Waals surface area contributed by atoms with Gasteiger partial charge in [0.15, 0.2) is 0 Å². The molecule has 1 amide bonds.